The number of thioether (sulfide) groups is 1. The number of benzene rings is 1. The zero-order chi connectivity index (χ0) is 24.2. The molecule has 0 amide bonds. The maximum atomic E-state index is 5.55. The van der Waals surface area contributed by atoms with Crippen LogP contribution in [0.5, 0.6) is 11.5 Å². The molecule has 2 atom stereocenters. The van der Waals surface area contributed by atoms with Crippen molar-refractivity contribution in [1.82, 2.24) is 29.9 Å². The van der Waals surface area contributed by atoms with E-state index in [4.69, 9.17) is 14.0 Å². The second-order valence-corrected chi connectivity index (χ2v) is 9.56. The molecule has 9 nitrogen and oxygen atoms in total. The van der Waals surface area contributed by atoms with Gasteiger partial charge < -0.3 is 14.0 Å². The summed E-state index contributed by atoms with van der Waals surface area (Å²) in [5.41, 5.74) is 1.76. The Labute approximate surface area is 208 Å². The van der Waals surface area contributed by atoms with Gasteiger partial charge in [0.25, 0.3) is 0 Å². The van der Waals surface area contributed by atoms with Crippen molar-refractivity contribution < 1.29 is 14.0 Å². The van der Waals surface area contributed by atoms with Crippen LogP contribution in [-0.4, -0.2) is 44.1 Å². The van der Waals surface area contributed by atoms with E-state index in [9.17, 15) is 0 Å². The molecule has 0 saturated heterocycles. The van der Waals surface area contributed by atoms with E-state index >= 15 is 0 Å². The minimum absolute atomic E-state index is 0.349. The Bertz CT molecular complexity index is 1280. The second-order valence-electron chi connectivity index (χ2n) is 8.62. The number of aromatic nitrogens is 6. The third-order valence-electron chi connectivity index (χ3n) is 6.42. The van der Waals surface area contributed by atoms with Crippen molar-refractivity contribution in [3.8, 4) is 34.3 Å². The third-order valence-corrected chi connectivity index (χ3v) is 7.34. The Morgan fingerprint density at radius 2 is 1.91 bits per heavy atom. The summed E-state index contributed by atoms with van der Waals surface area (Å²) in [7, 11) is 3.21. The van der Waals surface area contributed by atoms with Gasteiger partial charge in [0.15, 0.2) is 22.5 Å². The molecule has 0 bridgehead atoms. The zero-order valence-electron chi connectivity index (χ0n) is 20.0. The molecule has 1 aromatic carbocycles. The fourth-order valence-corrected chi connectivity index (χ4v) is 5.41. The summed E-state index contributed by atoms with van der Waals surface area (Å²) in [4.78, 5) is 8.87. The fourth-order valence-electron chi connectivity index (χ4n) is 4.58. The lowest BCUT2D eigenvalue weighted by atomic mass is 9.85. The maximum absolute atomic E-state index is 5.55. The molecule has 0 N–H and O–H groups in total. The van der Waals surface area contributed by atoms with Crippen LogP contribution in [-0.2, 0) is 5.75 Å². The lowest BCUT2D eigenvalue weighted by Crippen LogP contribution is -2.22. The fraction of sp³-hybridized carbons (Fsp3) is 0.400. The molecular formula is C25H28N6O3S. The van der Waals surface area contributed by atoms with E-state index in [1.54, 1.807) is 32.2 Å². The first-order valence-corrected chi connectivity index (χ1v) is 12.7. The Balaban J connectivity index is 1.39. The van der Waals surface area contributed by atoms with E-state index in [1.165, 1.54) is 19.3 Å². The minimum atomic E-state index is 0.349. The van der Waals surface area contributed by atoms with Gasteiger partial charge >= 0.3 is 0 Å². The highest BCUT2D eigenvalue weighted by Gasteiger charge is 2.29. The van der Waals surface area contributed by atoms with Gasteiger partial charge in [0, 0.05) is 29.6 Å². The molecule has 182 valence electrons. The van der Waals surface area contributed by atoms with Crippen molar-refractivity contribution in [3.63, 3.8) is 0 Å². The van der Waals surface area contributed by atoms with Gasteiger partial charge in [0.05, 0.1) is 20.0 Å². The van der Waals surface area contributed by atoms with E-state index in [2.05, 4.69) is 36.8 Å². The number of hydrogen-bond donors (Lipinski definition) is 0. The molecule has 0 spiro atoms. The van der Waals surface area contributed by atoms with Gasteiger partial charge in [0.2, 0.25) is 11.7 Å². The van der Waals surface area contributed by atoms with Crippen LogP contribution in [0, 0.1) is 5.92 Å². The van der Waals surface area contributed by atoms with Gasteiger partial charge in [-0.25, -0.2) is 0 Å². The number of hydrogen-bond acceptors (Lipinski definition) is 9. The molecule has 5 rings (SSSR count). The van der Waals surface area contributed by atoms with Gasteiger partial charge in [-0.2, -0.15) is 4.98 Å². The van der Waals surface area contributed by atoms with Crippen molar-refractivity contribution in [1.29, 1.82) is 0 Å². The van der Waals surface area contributed by atoms with Crippen molar-refractivity contribution in [3.05, 3.63) is 48.6 Å². The number of rotatable bonds is 8. The van der Waals surface area contributed by atoms with E-state index in [1.807, 2.05) is 36.5 Å². The predicted octanol–water partition coefficient (Wildman–Crippen LogP) is 5.45. The molecule has 3 aromatic heterocycles. The molecule has 1 aliphatic carbocycles. The lowest BCUT2D eigenvalue weighted by Gasteiger charge is -2.31. The van der Waals surface area contributed by atoms with Crippen LogP contribution in [0.2, 0.25) is 0 Å². The average molecular weight is 493 g/mol. The summed E-state index contributed by atoms with van der Waals surface area (Å²) < 4.78 is 18.5. The monoisotopic (exact) mass is 492 g/mol. The first kappa shape index (κ1) is 23.3. The topological polar surface area (TPSA) is 101 Å². The zero-order valence-corrected chi connectivity index (χ0v) is 20.9. The Morgan fingerprint density at radius 1 is 1.06 bits per heavy atom. The minimum Gasteiger partial charge on any atom is -0.493 e. The smallest absolute Gasteiger partial charge is 0.237 e. The normalized spacial score (nSPS) is 17.9. The molecule has 0 radical (unpaired) electrons. The first-order valence-electron chi connectivity index (χ1n) is 11.7. The quantitative estimate of drug-likeness (QED) is 0.297. The molecule has 1 fully saturated rings. The van der Waals surface area contributed by atoms with Gasteiger partial charge in [0.1, 0.15) is 0 Å². The summed E-state index contributed by atoms with van der Waals surface area (Å²) in [6.07, 6.45) is 8.42. The van der Waals surface area contributed by atoms with Crippen molar-refractivity contribution in [2.45, 2.75) is 49.6 Å². The van der Waals surface area contributed by atoms with E-state index in [-0.39, 0.29) is 0 Å². The van der Waals surface area contributed by atoms with Gasteiger partial charge in [-0.05, 0) is 49.1 Å². The highest BCUT2D eigenvalue weighted by Crippen LogP contribution is 2.39. The van der Waals surface area contributed by atoms with Crippen molar-refractivity contribution in [2.24, 2.45) is 5.92 Å². The molecular weight excluding hydrogens is 464 g/mol. The highest BCUT2D eigenvalue weighted by molar-refractivity contribution is 7.98. The van der Waals surface area contributed by atoms with Crippen LogP contribution in [0.1, 0.15) is 44.5 Å². The molecule has 35 heavy (non-hydrogen) atoms. The average Bonchev–Trinajstić information content (AvgIpc) is 3.55. The van der Waals surface area contributed by atoms with E-state index in [0.29, 0.717) is 40.9 Å². The third kappa shape index (κ3) is 4.88. The van der Waals surface area contributed by atoms with Crippen LogP contribution in [0.25, 0.3) is 22.8 Å². The summed E-state index contributed by atoms with van der Waals surface area (Å²) in [5.74, 6) is 4.19. The van der Waals surface area contributed by atoms with Crippen molar-refractivity contribution in [2.75, 3.05) is 14.2 Å². The van der Waals surface area contributed by atoms with Crippen LogP contribution in [0.15, 0.2) is 52.4 Å². The molecule has 0 unspecified atom stereocenters. The van der Waals surface area contributed by atoms with Crippen LogP contribution in [0.3, 0.4) is 0 Å². The first-order chi connectivity index (χ1) is 17.2. The van der Waals surface area contributed by atoms with Gasteiger partial charge in [-0.15, -0.1) is 10.2 Å². The lowest BCUT2D eigenvalue weighted by molar-refractivity contribution is 0.247. The molecule has 4 aromatic rings. The van der Waals surface area contributed by atoms with Gasteiger partial charge in [-0.1, -0.05) is 36.7 Å². The number of pyridine rings is 1. The van der Waals surface area contributed by atoms with E-state index < -0.39 is 0 Å². The number of methoxy groups -OCH3 is 2. The largest absolute Gasteiger partial charge is 0.493 e. The maximum Gasteiger partial charge on any atom is 0.237 e. The number of nitrogens with zero attached hydrogens (tertiary/aromatic N) is 6. The molecule has 0 aliphatic heterocycles. The number of ether oxygens (including phenoxy) is 2. The second kappa shape index (κ2) is 10.5. The Morgan fingerprint density at radius 3 is 2.69 bits per heavy atom. The highest BCUT2D eigenvalue weighted by atomic mass is 32.2. The summed E-state index contributed by atoms with van der Waals surface area (Å²) >= 11 is 1.56. The predicted molar refractivity (Wildman–Crippen MR) is 132 cm³/mol. The summed E-state index contributed by atoms with van der Waals surface area (Å²) in [6, 6.07) is 9.85. The SMILES string of the molecule is COc1ccc(-c2noc(CSc3nnc(-c4cccnc4)n3[C@H]3CCCC[C@H]3C)n2)cc1OC. The van der Waals surface area contributed by atoms with E-state index in [0.717, 1.165) is 28.5 Å². The summed E-state index contributed by atoms with van der Waals surface area (Å²) in [6.45, 7) is 2.32. The Kier molecular flexibility index (Phi) is 6.98. The molecule has 10 heteroatoms. The van der Waals surface area contributed by atoms with Crippen LogP contribution < -0.4 is 9.47 Å². The Hall–Kier alpha value is -3.40. The van der Waals surface area contributed by atoms with Crippen LogP contribution in [0.4, 0.5) is 0 Å². The molecule has 1 saturated carbocycles. The van der Waals surface area contributed by atoms with Crippen molar-refractivity contribution >= 4 is 11.8 Å². The summed E-state index contributed by atoms with van der Waals surface area (Å²) in [5, 5.41) is 14.1. The molecule has 3 heterocycles. The van der Waals surface area contributed by atoms with Gasteiger partial charge in [-0.3, -0.25) is 9.55 Å². The standard InChI is InChI=1S/C25H28N6O3S/c1-16-7-4-5-9-19(16)31-24(18-8-6-12-26-14-18)28-29-25(31)35-15-22-27-23(30-34-22)17-10-11-20(32-2)21(13-17)33-3/h6,8,10-14,16,19H,4-5,7,9,15H2,1-3H3/t16-,19+/m1/s1. The van der Waals surface area contributed by atoms with Crippen LogP contribution >= 0.6 is 11.8 Å². The molecule has 1 aliphatic rings.